The molecule has 0 aliphatic carbocycles. The first-order chi connectivity index (χ1) is 6.62. The van der Waals surface area contributed by atoms with Crippen LogP contribution in [0.5, 0.6) is 0 Å². The van der Waals surface area contributed by atoms with E-state index in [1.807, 2.05) is 0 Å². The maximum atomic E-state index is 10.7. The lowest BCUT2D eigenvalue weighted by Crippen LogP contribution is -2.48. The Labute approximate surface area is 83.5 Å². The number of hydrogen-bond donors (Lipinski definition) is 2. The summed E-state index contributed by atoms with van der Waals surface area (Å²) < 4.78 is 0. The van der Waals surface area contributed by atoms with E-state index in [1.54, 1.807) is 0 Å². The summed E-state index contributed by atoms with van der Waals surface area (Å²) in [6, 6.07) is 0.0901. The number of carbonyl (C=O) groups is 1. The monoisotopic (exact) mass is 199 g/mol. The van der Waals surface area contributed by atoms with Crippen molar-refractivity contribution in [3.8, 4) is 0 Å². The highest BCUT2D eigenvalue weighted by Gasteiger charge is 2.47. The van der Waals surface area contributed by atoms with Crippen molar-refractivity contribution in [2.24, 2.45) is 0 Å². The third kappa shape index (κ3) is 1.64. The summed E-state index contributed by atoms with van der Waals surface area (Å²) in [4.78, 5) is 12.9. The van der Waals surface area contributed by atoms with E-state index in [2.05, 4.69) is 4.90 Å². The van der Waals surface area contributed by atoms with Gasteiger partial charge in [-0.2, -0.15) is 0 Å². The number of fused-ring (bicyclic) bond motifs is 1. The van der Waals surface area contributed by atoms with Crippen molar-refractivity contribution >= 4 is 5.97 Å². The molecule has 0 radical (unpaired) electrons. The Balaban J connectivity index is 2.08. The van der Waals surface area contributed by atoms with Gasteiger partial charge in [-0.3, -0.25) is 9.69 Å². The van der Waals surface area contributed by atoms with Crippen LogP contribution >= 0.6 is 0 Å². The van der Waals surface area contributed by atoms with Gasteiger partial charge in [-0.25, -0.2) is 0 Å². The largest absolute Gasteiger partial charge is 0.481 e. The van der Waals surface area contributed by atoms with E-state index >= 15 is 0 Å². The molecule has 2 atom stereocenters. The molecular weight excluding hydrogens is 182 g/mol. The van der Waals surface area contributed by atoms with Crippen LogP contribution in [0.4, 0.5) is 0 Å². The van der Waals surface area contributed by atoms with E-state index in [9.17, 15) is 9.90 Å². The van der Waals surface area contributed by atoms with Gasteiger partial charge in [-0.15, -0.1) is 0 Å². The number of piperidine rings is 1. The molecule has 2 fully saturated rings. The normalized spacial score (nSPS) is 38.2. The molecule has 2 aliphatic rings. The smallest absolute Gasteiger partial charge is 0.306 e. The van der Waals surface area contributed by atoms with Crippen molar-refractivity contribution in [1.29, 1.82) is 0 Å². The highest BCUT2D eigenvalue weighted by Crippen LogP contribution is 2.37. The molecule has 80 valence electrons. The fourth-order valence-electron chi connectivity index (χ4n) is 2.84. The number of carboxylic acids is 1. The summed E-state index contributed by atoms with van der Waals surface area (Å²) in [5.74, 6) is -0.889. The average molecular weight is 199 g/mol. The molecule has 2 heterocycles. The quantitative estimate of drug-likeness (QED) is 0.678. The lowest BCUT2D eigenvalue weighted by Gasteiger charge is -2.36. The molecule has 2 N–H and O–H groups in total. The first kappa shape index (κ1) is 9.93. The first-order valence-corrected chi connectivity index (χ1v) is 5.30. The Morgan fingerprint density at radius 2 is 2.21 bits per heavy atom. The van der Waals surface area contributed by atoms with Gasteiger partial charge in [0.15, 0.2) is 0 Å². The fraction of sp³-hybridized carbons (Fsp3) is 0.900. The topological polar surface area (TPSA) is 60.8 Å². The second-order valence-corrected chi connectivity index (χ2v) is 4.47. The Kier molecular flexibility index (Phi) is 2.49. The number of hydrogen-bond acceptors (Lipinski definition) is 3. The van der Waals surface area contributed by atoms with E-state index in [4.69, 9.17) is 5.11 Å². The van der Waals surface area contributed by atoms with Crippen molar-refractivity contribution in [3.63, 3.8) is 0 Å². The van der Waals surface area contributed by atoms with Crippen LogP contribution in [0, 0.1) is 0 Å². The Morgan fingerprint density at radius 1 is 1.43 bits per heavy atom. The van der Waals surface area contributed by atoms with Crippen LogP contribution in [0.25, 0.3) is 0 Å². The molecule has 4 heteroatoms. The number of rotatable bonds is 2. The fourth-order valence-corrected chi connectivity index (χ4v) is 2.84. The molecule has 2 saturated heterocycles. The van der Waals surface area contributed by atoms with Gasteiger partial charge < -0.3 is 10.2 Å². The Bertz CT molecular complexity index is 244. The second kappa shape index (κ2) is 3.51. The molecule has 0 saturated carbocycles. The van der Waals surface area contributed by atoms with Crippen LogP contribution in [0.3, 0.4) is 0 Å². The van der Waals surface area contributed by atoms with Crippen LogP contribution in [-0.2, 0) is 4.79 Å². The van der Waals surface area contributed by atoms with Gasteiger partial charge in [-0.05, 0) is 25.8 Å². The van der Waals surface area contributed by atoms with Gasteiger partial charge in [0.1, 0.15) is 0 Å². The van der Waals surface area contributed by atoms with Gasteiger partial charge >= 0.3 is 5.97 Å². The van der Waals surface area contributed by atoms with E-state index < -0.39 is 11.6 Å². The van der Waals surface area contributed by atoms with E-state index in [0.29, 0.717) is 6.42 Å². The SMILES string of the molecule is O=C(O)CC1(O)CCN2CCCCC21. The van der Waals surface area contributed by atoms with E-state index in [1.165, 1.54) is 6.42 Å². The summed E-state index contributed by atoms with van der Waals surface area (Å²) in [5, 5.41) is 19.0. The van der Waals surface area contributed by atoms with Crippen molar-refractivity contribution in [1.82, 2.24) is 4.90 Å². The Morgan fingerprint density at radius 3 is 2.93 bits per heavy atom. The summed E-state index contributed by atoms with van der Waals surface area (Å²) in [7, 11) is 0. The third-order valence-electron chi connectivity index (χ3n) is 3.52. The number of aliphatic hydroxyl groups is 1. The minimum absolute atomic E-state index is 0.0901. The lowest BCUT2D eigenvalue weighted by atomic mass is 9.86. The highest BCUT2D eigenvalue weighted by atomic mass is 16.4. The van der Waals surface area contributed by atoms with Crippen molar-refractivity contribution in [2.75, 3.05) is 13.1 Å². The van der Waals surface area contributed by atoms with Crippen molar-refractivity contribution < 1.29 is 15.0 Å². The molecule has 0 bridgehead atoms. The van der Waals surface area contributed by atoms with Crippen LogP contribution in [0.2, 0.25) is 0 Å². The van der Waals surface area contributed by atoms with Crippen molar-refractivity contribution in [3.05, 3.63) is 0 Å². The molecule has 2 rings (SSSR count). The molecule has 0 aromatic rings. The summed E-state index contributed by atoms with van der Waals surface area (Å²) in [6.07, 6.45) is 3.75. The maximum Gasteiger partial charge on any atom is 0.306 e. The van der Waals surface area contributed by atoms with Crippen LogP contribution in [0.1, 0.15) is 32.1 Å². The molecule has 14 heavy (non-hydrogen) atoms. The van der Waals surface area contributed by atoms with Gasteiger partial charge in [0.05, 0.1) is 12.0 Å². The maximum absolute atomic E-state index is 10.7. The molecule has 2 unspecified atom stereocenters. The lowest BCUT2D eigenvalue weighted by molar-refractivity contribution is -0.144. The van der Waals surface area contributed by atoms with Gasteiger partial charge in [-0.1, -0.05) is 6.42 Å². The molecule has 0 amide bonds. The van der Waals surface area contributed by atoms with Crippen molar-refractivity contribution in [2.45, 2.75) is 43.7 Å². The molecule has 0 aromatic carbocycles. The number of nitrogens with zero attached hydrogens (tertiary/aromatic N) is 1. The summed E-state index contributed by atoms with van der Waals surface area (Å²) in [5.41, 5.74) is -0.966. The van der Waals surface area contributed by atoms with Crippen LogP contribution in [-0.4, -0.2) is 45.8 Å². The van der Waals surface area contributed by atoms with Gasteiger partial charge in [0, 0.05) is 12.6 Å². The average Bonchev–Trinajstić information content (AvgIpc) is 2.44. The van der Waals surface area contributed by atoms with Gasteiger partial charge in [0.2, 0.25) is 0 Å². The summed E-state index contributed by atoms with van der Waals surface area (Å²) >= 11 is 0. The second-order valence-electron chi connectivity index (χ2n) is 4.47. The molecule has 4 nitrogen and oxygen atoms in total. The third-order valence-corrected chi connectivity index (χ3v) is 3.52. The summed E-state index contributed by atoms with van der Waals surface area (Å²) in [6.45, 7) is 1.88. The first-order valence-electron chi connectivity index (χ1n) is 5.30. The standard InChI is InChI=1S/C10H17NO3/c12-9(13)7-10(14)4-6-11-5-2-1-3-8(10)11/h8,14H,1-7H2,(H,12,13). The molecule has 0 spiro atoms. The highest BCUT2D eigenvalue weighted by molar-refractivity contribution is 5.68. The molecule has 2 aliphatic heterocycles. The molecule has 0 aromatic heterocycles. The predicted molar refractivity (Wildman–Crippen MR) is 51.0 cm³/mol. The molecular formula is C10H17NO3. The van der Waals surface area contributed by atoms with E-state index in [0.717, 1.165) is 25.9 Å². The van der Waals surface area contributed by atoms with Crippen LogP contribution < -0.4 is 0 Å². The zero-order valence-corrected chi connectivity index (χ0v) is 8.28. The zero-order chi connectivity index (χ0) is 10.2. The van der Waals surface area contributed by atoms with E-state index in [-0.39, 0.29) is 12.5 Å². The van der Waals surface area contributed by atoms with Gasteiger partial charge in [0.25, 0.3) is 0 Å². The minimum Gasteiger partial charge on any atom is -0.481 e. The number of carboxylic acid groups (broad SMARTS) is 1. The number of aliphatic carboxylic acids is 1. The zero-order valence-electron chi connectivity index (χ0n) is 8.28. The Hall–Kier alpha value is -0.610. The predicted octanol–water partition coefficient (Wildman–Crippen LogP) is 0.450. The minimum atomic E-state index is -0.966. The van der Waals surface area contributed by atoms with Crippen LogP contribution in [0.15, 0.2) is 0 Å².